The van der Waals surface area contributed by atoms with E-state index < -0.39 is 0 Å². The highest BCUT2D eigenvalue weighted by atomic mass is 15.3. The van der Waals surface area contributed by atoms with Crippen molar-refractivity contribution in [1.82, 2.24) is 20.1 Å². The first-order valence-corrected chi connectivity index (χ1v) is 6.36. The van der Waals surface area contributed by atoms with E-state index in [-0.39, 0.29) is 0 Å². The minimum Gasteiger partial charge on any atom is -0.319 e. The molecule has 1 aromatic carbocycles. The molecule has 4 nitrogen and oxygen atoms in total. The topological polar surface area (TPSA) is 42.7 Å². The van der Waals surface area contributed by atoms with Gasteiger partial charge in [-0.1, -0.05) is 24.3 Å². The molecule has 0 spiro atoms. The van der Waals surface area contributed by atoms with Gasteiger partial charge in [0.25, 0.3) is 0 Å². The van der Waals surface area contributed by atoms with E-state index in [1.165, 1.54) is 11.1 Å². The van der Waals surface area contributed by atoms with Crippen LogP contribution in [0.25, 0.3) is 11.4 Å². The maximum atomic E-state index is 4.27. The third-order valence-electron chi connectivity index (χ3n) is 3.03. The van der Waals surface area contributed by atoms with Crippen molar-refractivity contribution < 1.29 is 0 Å². The average Bonchev–Trinajstić information content (AvgIpc) is 2.86. The highest BCUT2D eigenvalue weighted by Crippen LogP contribution is 2.24. The van der Waals surface area contributed by atoms with Crippen molar-refractivity contribution in [2.75, 3.05) is 13.6 Å². The Hall–Kier alpha value is -1.68. The summed E-state index contributed by atoms with van der Waals surface area (Å²) in [7, 11) is 1.97. The summed E-state index contributed by atoms with van der Waals surface area (Å²) >= 11 is 0. The monoisotopic (exact) mass is 244 g/mol. The van der Waals surface area contributed by atoms with Crippen molar-refractivity contribution in [3.05, 3.63) is 36.2 Å². The minimum absolute atomic E-state index is 0.368. The number of hydrogen-bond acceptors (Lipinski definition) is 3. The van der Waals surface area contributed by atoms with Gasteiger partial charge in [0, 0.05) is 11.6 Å². The largest absolute Gasteiger partial charge is 0.319 e. The van der Waals surface area contributed by atoms with Crippen LogP contribution in [-0.2, 0) is 6.42 Å². The lowest BCUT2D eigenvalue weighted by molar-refractivity contribution is 0.603. The molecule has 2 aromatic rings. The van der Waals surface area contributed by atoms with Crippen LogP contribution in [0, 0.1) is 0 Å². The molecular weight excluding hydrogens is 224 g/mol. The van der Waals surface area contributed by atoms with Crippen molar-refractivity contribution in [3.63, 3.8) is 0 Å². The maximum absolute atomic E-state index is 4.27. The quantitative estimate of drug-likeness (QED) is 0.877. The number of nitrogens with one attached hydrogen (secondary N) is 1. The maximum Gasteiger partial charge on any atom is 0.164 e. The summed E-state index contributed by atoms with van der Waals surface area (Å²) in [4.78, 5) is 0. The molecule has 0 fully saturated rings. The lowest BCUT2D eigenvalue weighted by atomic mass is 10.0. The van der Waals surface area contributed by atoms with Crippen LogP contribution < -0.4 is 5.32 Å². The highest BCUT2D eigenvalue weighted by molar-refractivity contribution is 5.60. The van der Waals surface area contributed by atoms with Gasteiger partial charge in [0.2, 0.25) is 0 Å². The molecule has 0 saturated heterocycles. The Bertz CT molecular complexity index is 502. The number of hydrogen-bond donors (Lipinski definition) is 1. The van der Waals surface area contributed by atoms with Gasteiger partial charge in [-0.15, -0.1) is 10.2 Å². The van der Waals surface area contributed by atoms with E-state index in [0.717, 1.165) is 18.8 Å². The van der Waals surface area contributed by atoms with Gasteiger partial charge in [-0.25, -0.2) is 0 Å². The summed E-state index contributed by atoms with van der Waals surface area (Å²) in [5.74, 6) is 0.955. The summed E-state index contributed by atoms with van der Waals surface area (Å²) in [6.45, 7) is 5.25. The Morgan fingerprint density at radius 1 is 1.28 bits per heavy atom. The second-order valence-electron chi connectivity index (χ2n) is 4.67. The molecule has 0 aliphatic carbocycles. The summed E-state index contributed by atoms with van der Waals surface area (Å²) < 4.78 is 2.11. The van der Waals surface area contributed by atoms with Crippen molar-refractivity contribution in [3.8, 4) is 11.4 Å². The molecule has 0 aliphatic heterocycles. The van der Waals surface area contributed by atoms with Gasteiger partial charge in [0.15, 0.2) is 5.82 Å². The van der Waals surface area contributed by atoms with E-state index in [1.54, 1.807) is 6.33 Å². The molecule has 96 valence electrons. The van der Waals surface area contributed by atoms with Crippen LogP contribution in [0.15, 0.2) is 30.6 Å². The fourth-order valence-electron chi connectivity index (χ4n) is 2.03. The molecule has 1 aromatic heterocycles. The van der Waals surface area contributed by atoms with Gasteiger partial charge in [-0.05, 0) is 39.4 Å². The van der Waals surface area contributed by atoms with Crippen molar-refractivity contribution >= 4 is 0 Å². The molecule has 0 radical (unpaired) electrons. The number of rotatable bonds is 5. The van der Waals surface area contributed by atoms with Crippen LogP contribution in [-0.4, -0.2) is 28.4 Å². The molecule has 0 amide bonds. The first kappa shape index (κ1) is 12.8. The van der Waals surface area contributed by atoms with Crippen LogP contribution >= 0.6 is 0 Å². The van der Waals surface area contributed by atoms with E-state index in [4.69, 9.17) is 0 Å². The van der Waals surface area contributed by atoms with Crippen LogP contribution in [0.3, 0.4) is 0 Å². The molecule has 2 rings (SSSR count). The molecule has 0 bridgehead atoms. The highest BCUT2D eigenvalue weighted by Gasteiger charge is 2.12. The lowest BCUT2D eigenvalue weighted by Gasteiger charge is -2.13. The molecule has 0 atom stereocenters. The predicted molar refractivity (Wildman–Crippen MR) is 73.5 cm³/mol. The zero-order valence-corrected chi connectivity index (χ0v) is 11.2. The summed E-state index contributed by atoms with van der Waals surface area (Å²) in [6.07, 6.45) is 2.80. The van der Waals surface area contributed by atoms with Gasteiger partial charge >= 0.3 is 0 Å². The summed E-state index contributed by atoms with van der Waals surface area (Å²) in [5.41, 5.74) is 2.49. The van der Waals surface area contributed by atoms with Crippen molar-refractivity contribution in [2.45, 2.75) is 26.3 Å². The second kappa shape index (κ2) is 5.78. The Kier molecular flexibility index (Phi) is 4.10. The van der Waals surface area contributed by atoms with Crippen LogP contribution in [0.5, 0.6) is 0 Å². The summed E-state index contributed by atoms with van der Waals surface area (Å²) in [5, 5.41) is 11.5. The molecule has 4 heteroatoms. The van der Waals surface area contributed by atoms with Crippen LogP contribution in [0.1, 0.15) is 25.5 Å². The van der Waals surface area contributed by atoms with Crippen LogP contribution in [0.2, 0.25) is 0 Å². The Morgan fingerprint density at radius 3 is 2.78 bits per heavy atom. The third kappa shape index (κ3) is 2.59. The summed E-state index contributed by atoms with van der Waals surface area (Å²) in [6, 6.07) is 8.77. The molecule has 0 aliphatic rings. The SMILES string of the molecule is CNCCc1ccccc1-c1nncn1C(C)C. The number of likely N-dealkylation sites (N-methyl/N-ethyl adjacent to an activating group) is 1. The van der Waals surface area contributed by atoms with Gasteiger partial charge in [-0.3, -0.25) is 0 Å². The standard InChI is InChI=1S/C14H20N4/c1-11(2)18-10-16-17-14(18)13-7-5-4-6-12(13)8-9-15-3/h4-7,10-11,15H,8-9H2,1-3H3. The zero-order valence-electron chi connectivity index (χ0n) is 11.2. The lowest BCUT2D eigenvalue weighted by Crippen LogP contribution is -2.11. The van der Waals surface area contributed by atoms with E-state index in [2.05, 4.69) is 58.2 Å². The first-order valence-electron chi connectivity index (χ1n) is 6.36. The fourth-order valence-corrected chi connectivity index (χ4v) is 2.03. The van der Waals surface area contributed by atoms with Crippen molar-refractivity contribution in [2.24, 2.45) is 0 Å². The van der Waals surface area contributed by atoms with Gasteiger partial charge in [0.1, 0.15) is 6.33 Å². The normalized spacial score (nSPS) is 11.1. The number of benzene rings is 1. The molecular formula is C14H20N4. The van der Waals surface area contributed by atoms with E-state index in [0.29, 0.717) is 6.04 Å². The van der Waals surface area contributed by atoms with E-state index >= 15 is 0 Å². The molecule has 1 heterocycles. The van der Waals surface area contributed by atoms with Crippen LogP contribution in [0.4, 0.5) is 0 Å². The second-order valence-corrected chi connectivity index (χ2v) is 4.67. The van der Waals surface area contributed by atoms with Gasteiger partial charge < -0.3 is 9.88 Å². The molecule has 0 saturated carbocycles. The Balaban J connectivity index is 2.40. The van der Waals surface area contributed by atoms with E-state index in [1.807, 2.05) is 7.05 Å². The zero-order chi connectivity index (χ0) is 13.0. The Morgan fingerprint density at radius 2 is 2.06 bits per heavy atom. The number of nitrogens with zero attached hydrogens (tertiary/aromatic N) is 3. The van der Waals surface area contributed by atoms with E-state index in [9.17, 15) is 0 Å². The van der Waals surface area contributed by atoms with Gasteiger partial charge in [0.05, 0.1) is 0 Å². The van der Waals surface area contributed by atoms with Gasteiger partial charge in [-0.2, -0.15) is 0 Å². The molecule has 18 heavy (non-hydrogen) atoms. The fraction of sp³-hybridized carbons (Fsp3) is 0.429. The third-order valence-corrected chi connectivity index (χ3v) is 3.03. The number of aromatic nitrogens is 3. The minimum atomic E-state index is 0.368. The molecule has 1 N–H and O–H groups in total. The average molecular weight is 244 g/mol. The predicted octanol–water partition coefficient (Wildman–Crippen LogP) is 2.29. The van der Waals surface area contributed by atoms with Crippen molar-refractivity contribution in [1.29, 1.82) is 0 Å². The smallest absolute Gasteiger partial charge is 0.164 e. The first-order chi connectivity index (χ1) is 8.74. The Labute approximate surface area is 108 Å². The molecule has 0 unspecified atom stereocenters.